The van der Waals surface area contributed by atoms with Crippen LogP contribution in [0.25, 0.3) is 0 Å². The third kappa shape index (κ3) is 2.19. The van der Waals surface area contributed by atoms with E-state index in [0.29, 0.717) is 11.1 Å². The molecule has 134 valence electrons. The summed E-state index contributed by atoms with van der Waals surface area (Å²) in [7, 11) is 1.39. The number of aliphatic hydroxyl groups is 2. The quantitative estimate of drug-likeness (QED) is 0.617. The SMILES string of the molecule is COc1ccc(O)c2c1C(=O)c1ccc3c(c1C2=O)[C@@H](O)C[C@](C)(O)C3. The smallest absolute Gasteiger partial charge is 0.198 e. The number of fused-ring (bicyclic) bond motifs is 4. The summed E-state index contributed by atoms with van der Waals surface area (Å²) in [5.41, 5.74) is 0.0881. The molecule has 6 heteroatoms. The van der Waals surface area contributed by atoms with Gasteiger partial charge in [-0.25, -0.2) is 0 Å². The monoisotopic (exact) mass is 354 g/mol. The van der Waals surface area contributed by atoms with Gasteiger partial charge in [0.15, 0.2) is 11.6 Å². The Balaban J connectivity index is 2.01. The number of ketones is 2. The molecule has 2 aliphatic carbocycles. The summed E-state index contributed by atoms with van der Waals surface area (Å²) in [6.45, 7) is 1.62. The Morgan fingerprint density at radius 3 is 2.50 bits per heavy atom. The number of rotatable bonds is 1. The molecule has 2 aromatic rings. The predicted molar refractivity (Wildman–Crippen MR) is 91.9 cm³/mol. The minimum Gasteiger partial charge on any atom is -0.507 e. The van der Waals surface area contributed by atoms with Crippen molar-refractivity contribution in [3.63, 3.8) is 0 Å². The molecule has 0 heterocycles. The van der Waals surface area contributed by atoms with Gasteiger partial charge in [-0.15, -0.1) is 0 Å². The normalized spacial score (nSPS) is 23.9. The second-order valence-corrected chi connectivity index (χ2v) is 7.15. The van der Waals surface area contributed by atoms with Crippen molar-refractivity contribution in [2.24, 2.45) is 0 Å². The van der Waals surface area contributed by atoms with Crippen LogP contribution in [0.15, 0.2) is 24.3 Å². The van der Waals surface area contributed by atoms with Gasteiger partial charge in [-0.3, -0.25) is 9.59 Å². The minimum atomic E-state index is -1.09. The third-order valence-electron chi connectivity index (χ3n) is 5.16. The molecule has 0 aromatic heterocycles. The van der Waals surface area contributed by atoms with Gasteiger partial charge in [0.2, 0.25) is 0 Å². The topological polar surface area (TPSA) is 104 Å². The first-order valence-corrected chi connectivity index (χ1v) is 8.30. The molecule has 0 unspecified atom stereocenters. The van der Waals surface area contributed by atoms with Gasteiger partial charge in [-0.1, -0.05) is 6.07 Å². The van der Waals surface area contributed by atoms with Crippen LogP contribution in [0.2, 0.25) is 0 Å². The largest absolute Gasteiger partial charge is 0.507 e. The number of phenolic OH excluding ortho intramolecular Hbond substituents is 1. The predicted octanol–water partition coefficient (Wildman–Crippen LogP) is 1.91. The summed E-state index contributed by atoms with van der Waals surface area (Å²) in [6.07, 6.45) is -0.741. The molecule has 26 heavy (non-hydrogen) atoms. The van der Waals surface area contributed by atoms with Crippen LogP contribution in [-0.2, 0) is 6.42 Å². The van der Waals surface area contributed by atoms with E-state index in [1.165, 1.54) is 25.3 Å². The summed E-state index contributed by atoms with van der Waals surface area (Å²) in [5.74, 6) is -1.05. The summed E-state index contributed by atoms with van der Waals surface area (Å²) < 4.78 is 5.20. The average molecular weight is 354 g/mol. The van der Waals surface area contributed by atoms with E-state index < -0.39 is 23.3 Å². The number of carbonyl (C=O) groups is 2. The molecule has 2 atom stereocenters. The fourth-order valence-corrected chi connectivity index (χ4v) is 4.09. The number of hydrogen-bond donors (Lipinski definition) is 3. The van der Waals surface area contributed by atoms with Crippen LogP contribution < -0.4 is 4.74 Å². The molecule has 6 nitrogen and oxygen atoms in total. The van der Waals surface area contributed by atoms with Crippen LogP contribution in [0.5, 0.6) is 11.5 Å². The van der Waals surface area contributed by atoms with Gasteiger partial charge in [-0.2, -0.15) is 0 Å². The fraction of sp³-hybridized carbons (Fsp3) is 0.300. The highest BCUT2D eigenvalue weighted by molar-refractivity contribution is 6.30. The number of aliphatic hydroxyl groups excluding tert-OH is 1. The fourth-order valence-electron chi connectivity index (χ4n) is 4.09. The molecule has 3 N–H and O–H groups in total. The van der Waals surface area contributed by atoms with Crippen LogP contribution in [0.1, 0.15) is 62.4 Å². The molecular weight excluding hydrogens is 336 g/mol. The molecule has 0 saturated heterocycles. The summed E-state index contributed by atoms with van der Waals surface area (Å²) >= 11 is 0. The highest BCUT2D eigenvalue weighted by atomic mass is 16.5. The molecule has 0 radical (unpaired) electrons. The minimum absolute atomic E-state index is 0.0299. The van der Waals surface area contributed by atoms with E-state index >= 15 is 0 Å². The van der Waals surface area contributed by atoms with Gasteiger partial charge in [-0.05, 0) is 36.2 Å². The zero-order valence-corrected chi connectivity index (χ0v) is 14.4. The number of aromatic hydroxyl groups is 1. The van der Waals surface area contributed by atoms with Crippen molar-refractivity contribution in [3.8, 4) is 11.5 Å². The molecule has 2 aromatic carbocycles. The van der Waals surface area contributed by atoms with Crippen molar-refractivity contribution in [1.29, 1.82) is 0 Å². The number of carbonyl (C=O) groups excluding carboxylic acids is 2. The number of benzene rings is 2. The summed E-state index contributed by atoms with van der Waals surface area (Å²) in [6, 6.07) is 5.95. The standard InChI is InChI=1S/C20H18O6/c1-20(25)7-9-3-4-10-15(14(9)12(22)8-20)19(24)16-11(21)5-6-13(26-2)17(16)18(10)23/h3-6,12,21-22,25H,7-8H2,1-2H3/t12-,20+/m0/s1. The van der Waals surface area contributed by atoms with Gasteiger partial charge in [0.05, 0.1) is 29.9 Å². The van der Waals surface area contributed by atoms with E-state index in [4.69, 9.17) is 4.74 Å². The van der Waals surface area contributed by atoms with E-state index in [9.17, 15) is 24.9 Å². The van der Waals surface area contributed by atoms with E-state index in [2.05, 4.69) is 0 Å². The van der Waals surface area contributed by atoms with Crippen LogP contribution in [0, 0.1) is 0 Å². The van der Waals surface area contributed by atoms with Gasteiger partial charge in [0.25, 0.3) is 0 Å². The van der Waals surface area contributed by atoms with Crippen LogP contribution >= 0.6 is 0 Å². The molecule has 0 aliphatic heterocycles. The summed E-state index contributed by atoms with van der Waals surface area (Å²) in [4.78, 5) is 26.2. The van der Waals surface area contributed by atoms with E-state index in [-0.39, 0.29) is 46.6 Å². The van der Waals surface area contributed by atoms with Gasteiger partial charge < -0.3 is 20.1 Å². The number of ether oxygens (including phenoxy) is 1. The van der Waals surface area contributed by atoms with Crippen molar-refractivity contribution < 1.29 is 29.6 Å². The molecule has 0 fully saturated rings. The molecule has 0 saturated carbocycles. The lowest BCUT2D eigenvalue weighted by atomic mass is 9.72. The highest BCUT2D eigenvalue weighted by Gasteiger charge is 2.41. The zero-order chi connectivity index (χ0) is 18.8. The number of phenols is 1. The Hall–Kier alpha value is -2.70. The van der Waals surface area contributed by atoms with Crippen molar-refractivity contribution in [3.05, 3.63) is 57.6 Å². The molecule has 4 rings (SSSR count). The van der Waals surface area contributed by atoms with Gasteiger partial charge in [0, 0.05) is 24.0 Å². The Bertz CT molecular complexity index is 973. The number of hydrogen-bond acceptors (Lipinski definition) is 6. The van der Waals surface area contributed by atoms with Gasteiger partial charge in [0.1, 0.15) is 11.5 Å². The summed E-state index contributed by atoms with van der Waals surface area (Å²) in [5, 5.41) is 31.1. The van der Waals surface area contributed by atoms with E-state index in [0.717, 1.165) is 0 Å². The lowest BCUT2D eigenvalue weighted by molar-refractivity contribution is -0.00777. The zero-order valence-electron chi connectivity index (χ0n) is 14.4. The molecule has 0 bridgehead atoms. The van der Waals surface area contributed by atoms with Crippen LogP contribution in [0.3, 0.4) is 0 Å². The van der Waals surface area contributed by atoms with Crippen molar-refractivity contribution >= 4 is 11.6 Å². The Morgan fingerprint density at radius 1 is 1.08 bits per heavy atom. The molecule has 0 amide bonds. The van der Waals surface area contributed by atoms with E-state index in [1.54, 1.807) is 13.0 Å². The lowest BCUT2D eigenvalue weighted by Crippen LogP contribution is -2.36. The maximum absolute atomic E-state index is 13.2. The maximum atomic E-state index is 13.2. The first-order chi connectivity index (χ1) is 12.2. The van der Waals surface area contributed by atoms with Crippen molar-refractivity contribution in [2.45, 2.75) is 31.5 Å². The van der Waals surface area contributed by atoms with Crippen molar-refractivity contribution in [2.75, 3.05) is 7.11 Å². The molecule has 0 spiro atoms. The van der Waals surface area contributed by atoms with Gasteiger partial charge >= 0.3 is 0 Å². The lowest BCUT2D eigenvalue weighted by Gasteiger charge is -2.35. The highest BCUT2D eigenvalue weighted by Crippen LogP contribution is 2.44. The Kier molecular flexibility index (Phi) is 3.48. The average Bonchev–Trinajstić information content (AvgIpc) is 2.57. The third-order valence-corrected chi connectivity index (χ3v) is 5.16. The first kappa shape index (κ1) is 16.8. The van der Waals surface area contributed by atoms with Crippen molar-refractivity contribution in [1.82, 2.24) is 0 Å². The van der Waals surface area contributed by atoms with Crippen LogP contribution in [-0.4, -0.2) is 39.6 Å². The molecule has 2 aliphatic rings. The second-order valence-electron chi connectivity index (χ2n) is 7.15. The second kappa shape index (κ2) is 5.40. The van der Waals surface area contributed by atoms with Crippen LogP contribution in [0.4, 0.5) is 0 Å². The maximum Gasteiger partial charge on any atom is 0.198 e. The molecular formula is C20H18O6. The number of methoxy groups -OCH3 is 1. The van der Waals surface area contributed by atoms with E-state index in [1.807, 2.05) is 0 Å². The first-order valence-electron chi connectivity index (χ1n) is 8.30. The Morgan fingerprint density at radius 2 is 1.81 bits per heavy atom. The Labute approximate surface area is 149 Å².